The second kappa shape index (κ2) is 8.82. The van der Waals surface area contributed by atoms with Gasteiger partial charge in [0, 0.05) is 11.3 Å². The molecule has 168 valence electrons. The molecule has 2 N–H and O–H groups in total. The van der Waals surface area contributed by atoms with Gasteiger partial charge in [0.1, 0.15) is 5.82 Å². The predicted octanol–water partition coefficient (Wildman–Crippen LogP) is 4.51. The minimum atomic E-state index is -5.65. The van der Waals surface area contributed by atoms with Crippen molar-refractivity contribution < 1.29 is 45.1 Å². The first kappa shape index (κ1) is 24.0. The highest BCUT2D eigenvalue weighted by molar-refractivity contribution is 5.99. The molecule has 0 aromatic heterocycles. The monoisotopic (exact) mass is 452 g/mol. The minimum Gasteiger partial charge on any atom is -0.463 e. The van der Waals surface area contributed by atoms with Crippen LogP contribution in [-0.4, -0.2) is 30.3 Å². The fourth-order valence-electron chi connectivity index (χ4n) is 2.52. The number of hydrogen-bond acceptors (Lipinski definition) is 4. The Hall–Kier alpha value is -3.31. The molecule has 0 fully saturated rings. The number of para-hydroxylation sites is 1. The average Bonchev–Trinajstić information content (AvgIpc) is 2.66. The van der Waals surface area contributed by atoms with Gasteiger partial charge in [0.25, 0.3) is 5.91 Å². The van der Waals surface area contributed by atoms with E-state index in [-0.39, 0.29) is 0 Å². The Morgan fingerprint density at radius 2 is 1.52 bits per heavy atom. The molecule has 0 aliphatic heterocycles. The summed E-state index contributed by atoms with van der Waals surface area (Å²) >= 11 is 0. The summed E-state index contributed by atoms with van der Waals surface area (Å²) in [6.07, 6.45) is -10.7. The van der Waals surface area contributed by atoms with Crippen LogP contribution >= 0.6 is 0 Å². The lowest BCUT2D eigenvalue weighted by molar-refractivity contribution is -0.204. The fraction of sp³-hybridized carbons (Fsp3) is 0.263. The zero-order valence-corrected chi connectivity index (χ0v) is 15.7. The Labute approximate surface area is 171 Å². The zero-order valence-electron chi connectivity index (χ0n) is 15.7. The van der Waals surface area contributed by atoms with Crippen molar-refractivity contribution in [1.82, 2.24) is 5.32 Å². The number of hydrogen-bond donors (Lipinski definition) is 2. The summed E-state index contributed by atoms with van der Waals surface area (Å²) in [6, 6.07) is 6.32. The van der Waals surface area contributed by atoms with Gasteiger partial charge in [-0.25, -0.2) is 9.18 Å². The van der Waals surface area contributed by atoms with E-state index in [0.29, 0.717) is 12.1 Å². The number of nitrogens with one attached hydrogen (secondary N) is 2. The molecule has 0 heterocycles. The number of amides is 1. The second-order valence-electron chi connectivity index (χ2n) is 6.10. The summed E-state index contributed by atoms with van der Waals surface area (Å²) in [4.78, 5) is 24.7. The van der Waals surface area contributed by atoms with E-state index in [9.17, 15) is 40.3 Å². The van der Waals surface area contributed by atoms with Crippen molar-refractivity contribution in [3.05, 3.63) is 65.5 Å². The minimum absolute atomic E-state index is 0.481. The summed E-state index contributed by atoms with van der Waals surface area (Å²) in [6.45, 7) is 0.607. The molecule has 2 rings (SSSR count). The molecule has 5 nitrogen and oxygen atoms in total. The van der Waals surface area contributed by atoms with Crippen molar-refractivity contribution in [2.45, 2.75) is 24.9 Å². The van der Waals surface area contributed by atoms with Crippen LogP contribution in [0.2, 0.25) is 0 Å². The highest BCUT2D eigenvalue weighted by Crippen LogP contribution is 2.39. The molecule has 1 atom stereocenters. The van der Waals surface area contributed by atoms with Crippen LogP contribution in [0.4, 0.5) is 36.4 Å². The summed E-state index contributed by atoms with van der Waals surface area (Å²) < 4.78 is 99.5. The van der Waals surface area contributed by atoms with Crippen LogP contribution in [0.15, 0.2) is 48.5 Å². The van der Waals surface area contributed by atoms with Gasteiger partial charge in [0.15, 0.2) is 0 Å². The van der Waals surface area contributed by atoms with Gasteiger partial charge < -0.3 is 15.4 Å². The number of halogens is 7. The SMILES string of the molecule is CCOC(=O)C(NC(=O)c1ccc(F)cc1)(Nc1ccccc1C(F)(F)F)C(F)(F)F. The van der Waals surface area contributed by atoms with Crippen LogP contribution < -0.4 is 10.6 Å². The van der Waals surface area contributed by atoms with Crippen LogP contribution in [0.1, 0.15) is 22.8 Å². The smallest absolute Gasteiger partial charge is 0.441 e. The number of ether oxygens (including phenoxy) is 1. The second-order valence-corrected chi connectivity index (χ2v) is 6.10. The number of carbonyl (C=O) groups excluding carboxylic acids is 2. The van der Waals surface area contributed by atoms with Crippen molar-refractivity contribution >= 4 is 17.6 Å². The number of alkyl halides is 6. The van der Waals surface area contributed by atoms with Gasteiger partial charge in [0.05, 0.1) is 12.2 Å². The van der Waals surface area contributed by atoms with E-state index in [0.717, 1.165) is 36.4 Å². The van der Waals surface area contributed by atoms with Crippen LogP contribution in [0, 0.1) is 5.82 Å². The van der Waals surface area contributed by atoms with Crippen LogP contribution in [0.25, 0.3) is 0 Å². The molecule has 31 heavy (non-hydrogen) atoms. The van der Waals surface area contributed by atoms with Crippen LogP contribution in [0.5, 0.6) is 0 Å². The van der Waals surface area contributed by atoms with Crippen molar-refractivity contribution in [3.8, 4) is 0 Å². The molecule has 0 aliphatic rings. The molecular formula is C19H15F7N2O3. The Morgan fingerprint density at radius 3 is 2.03 bits per heavy atom. The fourth-order valence-corrected chi connectivity index (χ4v) is 2.52. The van der Waals surface area contributed by atoms with Gasteiger partial charge in [-0.2, -0.15) is 26.3 Å². The van der Waals surface area contributed by atoms with Gasteiger partial charge in [-0.1, -0.05) is 12.1 Å². The van der Waals surface area contributed by atoms with Crippen LogP contribution in [-0.2, 0) is 15.7 Å². The van der Waals surface area contributed by atoms with E-state index in [1.807, 2.05) is 0 Å². The first-order chi connectivity index (χ1) is 14.3. The summed E-state index contributed by atoms with van der Waals surface area (Å²) in [5.74, 6) is -4.39. The molecule has 2 aromatic carbocycles. The molecule has 1 amide bonds. The molecule has 12 heteroatoms. The maximum Gasteiger partial charge on any atom is 0.441 e. The first-order valence-corrected chi connectivity index (χ1v) is 8.58. The maximum atomic E-state index is 14.1. The van der Waals surface area contributed by atoms with Crippen molar-refractivity contribution in [1.29, 1.82) is 0 Å². The Morgan fingerprint density at radius 1 is 0.935 bits per heavy atom. The maximum absolute atomic E-state index is 14.1. The molecule has 0 radical (unpaired) electrons. The van der Waals surface area contributed by atoms with E-state index in [2.05, 4.69) is 4.74 Å². The van der Waals surface area contributed by atoms with Gasteiger partial charge in [0.2, 0.25) is 0 Å². The lowest BCUT2D eigenvalue weighted by Crippen LogP contribution is -2.69. The molecule has 0 saturated carbocycles. The van der Waals surface area contributed by atoms with E-state index in [1.54, 1.807) is 0 Å². The third kappa shape index (κ3) is 5.25. The molecular weight excluding hydrogens is 437 g/mol. The highest BCUT2D eigenvalue weighted by Gasteiger charge is 2.64. The first-order valence-electron chi connectivity index (χ1n) is 8.58. The van der Waals surface area contributed by atoms with Crippen molar-refractivity contribution in [2.24, 2.45) is 0 Å². The van der Waals surface area contributed by atoms with Crippen LogP contribution in [0.3, 0.4) is 0 Å². The molecule has 1 unspecified atom stereocenters. The summed E-state index contributed by atoms with van der Waals surface area (Å²) in [5.41, 5.74) is -7.19. The van der Waals surface area contributed by atoms with E-state index in [1.165, 1.54) is 17.6 Å². The zero-order chi connectivity index (χ0) is 23.4. The van der Waals surface area contributed by atoms with E-state index >= 15 is 0 Å². The molecule has 0 aliphatic carbocycles. The van der Waals surface area contributed by atoms with Gasteiger partial charge in [-0.05, 0) is 43.3 Å². The Kier molecular flexibility index (Phi) is 6.82. The Balaban J connectivity index is 2.61. The third-order valence-corrected chi connectivity index (χ3v) is 3.97. The molecule has 0 bridgehead atoms. The number of rotatable bonds is 6. The predicted molar refractivity (Wildman–Crippen MR) is 94.4 cm³/mol. The quantitative estimate of drug-likeness (QED) is 0.385. The lowest BCUT2D eigenvalue weighted by Gasteiger charge is -2.36. The average molecular weight is 452 g/mol. The van der Waals surface area contributed by atoms with Gasteiger partial charge >= 0.3 is 24.0 Å². The number of anilines is 1. The highest BCUT2D eigenvalue weighted by atomic mass is 19.4. The Bertz CT molecular complexity index is 943. The molecule has 0 saturated heterocycles. The summed E-state index contributed by atoms with van der Waals surface area (Å²) in [5, 5.41) is 2.86. The van der Waals surface area contributed by atoms with Crippen molar-refractivity contribution in [2.75, 3.05) is 11.9 Å². The topological polar surface area (TPSA) is 67.4 Å². The van der Waals surface area contributed by atoms with Crippen molar-refractivity contribution in [3.63, 3.8) is 0 Å². The number of esters is 1. The van der Waals surface area contributed by atoms with E-state index < -0.39 is 59.1 Å². The standard InChI is InChI=1S/C19H15F7N2O3/c1-2-31-16(30)17(19(24,25)26,28-15(29)11-7-9-12(20)10-8-11)27-14-6-4-3-5-13(14)18(21,22)23/h3-10,27H,2H2,1H3,(H,28,29). The van der Waals surface area contributed by atoms with Gasteiger partial charge in [-0.15, -0.1) is 0 Å². The largest absolute Gasteiger partial charge is 0.463 e. The number of benzene rings is 2. The lowest BCUT2D eigenvalue weighted by atomic mass is 10.1. The summed E-state index contributed by atoms with van der Waals surface area (Å²) in [7, 11) is 0. The normalized spacial score (nSPS) is 13.8. The number of carbonyl (C=O) groups is 2. The third-order valence-electron chi connectivity index (χ3n) is 3.97. The molecule has 0 spiro atoms. The molecule has 2 aromatic rings. The van der Waals surface area contributed by atoms with E-state index in [4.69, 9.17) is 0 Å². The van der Waals surface area contributed by atoms with Gasteiger partial charge in [-0.3, -0.25) is 4.79 Å².